The fraction of sp³-hybridized carbons (Fsp3) is 0.100. The monoisotopic (exact) mass is 222 g/mol. The molecule has 15 heavy (non-hydrogen) atoms. The van der Waals surface area contributed by atoms with Gasteiger partial charge in [-0.25, -0.2) is 8.42 Å². The van der Waals surface area contributed by atoms with Gasteiger partial charge in [-0.1, -0.05) is 18.2 Å². The second-order valence-electron chi connectivity index (χ2n) is 3.17. The van der Waals surface area contributed by atoms with E-state index in [4.69, 9.17) is 0 Å². The number of rotatable bonds is 2. The molecule has 5 heteroatoms. The van der Waals surface area contributed by atoms with Crippen LogP contribution >= 0.6 is 0 Å². The van der Waals surface area contributed by atoms with E-state index in [1.807, 2.05) is 0 Å². The molecule has 1 heterocycles. The van der Waals surface area contributed by atoms with Gasteiger partial charge in [0.25, 0.3) is 0 Å². The van der Waals surface area contributed by atoms with E-state index in [1.54, 1.807) is 37.4 Å². The fourth-order valence-corrected chi connectivity index (χ4v) is 2.54. The van der Waals surface area contributed by atoms with Crippen LogP contribution in [0.2, 0.25) is 0 Å². The molecule has 0 aliphatic heterocycles. The minimum atomic E-state index is -3.40. The first-order valence-electron chi connectivity index (χ1n) is 4.39. The molecule has 0 spiro atoms. The lowest BCUT2D eigenvalue weighted by Crippen LogP contribution is -2.00. The third-order valence-corrected chi connectivity index (χ3v) is 3.77. The number of nitrogens with zero attached hydrogens (tertiary/aromatic N) is 2. The van der Waals surface area contributed by atoms with E-state index in [2.05, 4.69) is 5.10 Å². The molecule has 0 fully saturated rings. The standard InChI is InChI=1S/C10H10N2O2S/c1-12-8-10(7-11-12)15(13,14)9-5-3-2-4-6-9/h2-8H,1H3. The third-order valence-electron chi connectivity index (χ3n) is 2.04. The smallest absolute Gasteiger partial charge is 0.209 e. The predicted octanol–water partition coefficient (Wildman–Crippen LogP) is 1.25. The zero-order chi connectivity index (χ0) is 10.9. The molecule has 0 aliphatic carbocycles. The maximum absolute atomic E-state index is 12.0. The van der Waals surface area contributed by atoms with Gasteiger partial charge in [0.2, 0.25) is 9.84 Å². The van der Waals surface area contributed by atoms with Gasteiger partial charge in [0.15, 0.2) is 0 Å². The van der Waals surface area contributed by atoms with Crippen LogP contribution in [0.3, 0.4) is 0 Å². The zero-order valence-corrected chi connectivity index (χ0v) is 8.98. The van der Waals surface area contributed by atoms with Crippen molar-refractivity contribution >= 4 is 9.84 Å². The van der Waals surface area contributed by atoms with Crippen LogP contribution in [0.4, 0.5) is 0 Å². The van der Waals surface area contributed by atoms with Gasteiger partial charge in [-0.15, -0.1) is 0 Å². The molecule has 2 aromatic rings. The normalized spacial score (nSPS) is 11.5. The molecular formula is C10H10N2O2S. The molecule has 0 N–H and O–H groups in total. The fourth-order valence-electron chi connectivity index (χ4n) is 1.27. The van der Waals surface area contributed by atoms with E-state index >= 15 is 0 Å². The lowest BCUT2D eigenvalue weighted by molar-refractivity contribution is 0.596. The first kappa shape index (κ1) is 9.92. The number of aryl methyl sites for hydroxylation is 1. The first-order chi connectivity index (χ1) is 7.10. The van der Waals surface area contributed by atoms with Crippen LogP contribution in [0.5, 0.6) is 0 Å². The summed E-state index contributed by atoms with van der Waals surface area (Å²) in [6.07, 6.45) is 2.84. The van der Waals surface area contributed by atoms with Crippen LogP contribution in [0.25, 0.3) is 0 Å². The molecule has 0 unspecified atom stereocenters. The summed E-state index contributed by atoms with van der Waals surface area (Å²) in [5, 5.41) is 3.85. The van der Waals surface area contributed by atoms with Crippen LogP contribution < -0.4 is 0 Å². The molecule has 0 saturated heterocycles. The van der Waals surface area contributed by atoms with E-state index in [9.17, 15) is 8.42 Å². The second-order valence-corrected chi connectivity index (χ2v) is 5.12. The zero-order valence-electron chi connectivity index (χ0n) is 8.16. The highest BCUT2D eigenvalue weighted by Crippen LogP contribution is 2.18. The van der Waals surface area contributed by atoms with E-state index in [0.717, 1.165) is 0 Å². The number of benzene rings is 1. The highest BCUT2D eigenvalue weighted by Gasteiger charge is 2.18. The molecule has 0 aliphatic rings. The number of hydrogen-bond acceptors (Lipinski definition) is 3. The SMILES string of the molecule is Cn1cc(S(=O)(=O)c2ccccc2)cn1. The minimum absolute atomic E-state index is 0.219. The molecule has 4 nitrogen and oxygen atoms in total. The van der Waals surface area contributed by atoms with Crippen molar-refractivity contribution in [1.29, 1.82) is 0 Å². The highest BCUT2D eigenvalue weighted by atomic mass is 32.2. The van der Waals surface area contributed by atoms with Crippen molar-refractivity contribution in [2.45, 2.75) is 9.79 Å². The maximum Gasteiger partial charge on any atom is 0.209 e. The van der Waals surface area contributed by atoms with Crippen molar-refractivity contribution < 1.29 is 8.42 Å². The Bertz CT molecular complexity index is 558. The third kappa shape index (κ3) is 1.78. The van der Waals surface area contributed by atoms with Gasteiger partial charge in [0, 0.05) is 13.2 Å². The van der Waals surface area contributed by atoms with Crippen molar-refractivity contribution in [1.82, 2.24) is 9.78 Å². The van der Waals surface area contributed by atoms with Crippen molar-refractivity contribution in [3.63, 3.8) is 0 Å². The molecule has 1 aromatic heterocycles. The van der Waals surface area contributed by atoms with E-state index < -0.39 is 9.84 Å². The highest BCUT2D eigenvalue weighted by molar-refractivity contribution is 7.91. The number of sulfone groups is 1. The minimum Gasteiger partial charge on any atom is -0.274 e. The van der Waals surface area contributed by atoms with Gasteiger partial charge in [0.05, 0.1) is 11.1 Å². The summed E-state index contributed by atoms with van der Waals surface area (Å²) >= 11 is 0. The Morgan fingerprint density at radius 1 is 1.13 bits per heavy atom. The van der Waals surface area contributed by atoms with Crippen LogP contribution in [-0.2, 0) is 16.9 Å². The molecule has 78 valence electrons. The Hall–Kier alpha value is -1.62. The number of hydrogen-bond donors (Lipinski definition) is 0. The topological polar surface area (TPSA) is 52.0 Å². The molecule has 0 bridgehead atoms. The summed E-state index contributed by atoms with van der Waals surface area (Å²) in [6.45, 7) is 0. The van der Waals surface area contributed by atoms with Crippen LogP contribution in [-0.4, -0.2) is 18.2 Å². The van der Waals surface area contributed by atoms with Crippen molar-refractivity contribution in [3.05, 3.63) is 42.7 Å². The summed E-state index contributed by atoms with van der Waals surface area (Å²) in [4.78, 5) is 0.509. The summed E-state index contributed by atoms with van der Waals surface area (Å²) < 4.78 is 25.5. The van der Waals surface area contributed by atoms with Gasteiger partial charge in [-0.2, -0.15) is 5.10 Å². The van der Waals surface area contributed by atoms with Crippen molar-refractivity contribution in [2.24, 2.45) is 7.05 Å². The summed E-state index contributed by atoms with van der Waals surface area (Å²) in [6, 6.07) is 8.32. The average Bonchev–Trinajstić information content (AvgIpc) is 2.67. The van der Waals surface area contributed by atoms with E-state index in [-0.39, 0.29) is 9.79 Å². The van der Waals surface area contributed by atoms with Gasteiger partial charge >= 0.3 is 0 Å². The maximum atomic E-state index is 12.0. The molecule has 0 atom stereocenters. The van der Waals surface area contributed by atoms with Crippen molar-refractivity contribution in [2.75, 3.05) is 0 Å². The Morgan fingerprint density at radius 3 is 2.33 bits per heavy atom. The summed E-state index contributed by atoms with van der Waals surface area (Å²) in [7, 11) is -1.72. The number of aromatic nitrogens is 2. The lowest BCUT2D eigenvalue weighted by atomic mass is 10.4. The van der Waals surface area contributed by atoms with E-state index in [0.29, 0.717) is 0 Å². The molecule has 0 saturated carbocycles. The Balaban J connectivity index is 2.54. The van der Waals surface area contributed by atoms with Crippen molar-refractivity contribution in [3.8, 4) is 0 Å². The van der Waals surface area contributed by atoms with Crippen LogP contribution in [0, 0.1) is 0 Å². The van der Waals surface area contributed by atoms with Gasteiger partial charge < -0.3 is 0 Å². The van der Waals surface area contributed by atoms with Crippen LogP contribution in [0.1, 0.15) is 0 Å². The molecule has 1 aromatic carbocycles. The van der Waals surface area contributed by atoms with Gasteiger partial charge in [-0.3, -0.25) is 4.68 Å². The van der Waals surface area contributed by atoms with Gasteiger partial charge in [-0.05, 0) is 12.1 Å². The van der Waals surface area contributed by atoms with Crippen LogP contribution in [0.15, 0.2) is 52.5 Å². The molecular weight excluding hydrogens is 212 g/mol. The summed E-state index contributed by atoms with van der Waals surface area (Å²) in [5.74, 6) is 0. The lowest BCUT2D eigenvalue weighted by Gasteiger charge is -1.99. The largest absolute Gasteiger partial charge is 0.274 e. The Labute approximate surface area is 88.1 Å². The first-order valence-corrected chi connectivity index (χ1v) is 5.88. The molecule has 0 radical (unpaired) electrons. The second kappa shape index (κ2) is 3.51. The molecule has 0 amide bonds. The Morgan fingerprint density at radius 2 is 1.80 bits per heavy atom. The quantitative estimate of drug-likeness (QED) is 0.768. The van der Waals surface area contributed by atoms with Gasteiger partial charge in [0.1, 0.15) is 4.90 Å². The predicted molar refractivity (Wildman–Crippen MR) is 55.1 cm³/mol. The summed E-state index contributed by atoms with van der Waals surface area (Å²) in [5.41, 5.74) is 0. The average molecular weight is 222 g/mol. The Kier molecular flexibility index (Phi) is 2.32. The van der Waals surface area contributed by atoms with E-state index in [1.165, 1.54) is 17.1 Å². The molecule has 2 rings (SSSR count).